The molecular formula is C72H64O7. The molecule has 0 radical (unpaired) electrons. The van der Waals surface area contributed by atoms with Gasteiger partial charge in [0.25, 0.3) is 0 Å². The lowest BCUT2D eigenvalue weighted by molar-refractivity contribution is 0.103. The zero-order valence-electron chi connectivity index (χ0n) is 46.1. The first-order valence-corrected chi connectivity index (χ1v) is 26.0. The molecule has 0 heterocycles. The third kappa shape index (κ3) is 13.8. The van der Waals surface area contributed by atoms with Gasteiger partial charge in [-0.15, -0.1) is 12.8 Å². The molecule has 0 aliphatic rings. The largest absolute Gasteiger partial charge is 0.497 e. The fourth-order valence-electron chi connectivity index (χ4n) is 9.01. The van der Waals surface area contributed by atoms with Crippen molar-refractivity contribution in [2.45, 2.75) is 65.6 Å². The molecule has 0 aliphatic heterocycles. The Hall–Kier alpha value is -9.40. The fourth-order valence-corrected chi connectivity index (χ4v) is 9.01. The minimum atomic E-state index is -0.227. The average Bonchev–Trinajstić information content (AvgIpc) is 3.52. The molecular weight excluding hydrogens is 977 g/mol. The molecule has 0 saturated heterocycles. The minimum Gasteiger partial charge on any atom is -0.497 e. The summed E-state index contributed by atoms with van der Waals surface area (Å²) in [5, 5.41) is 0. The van der Waals surface area contributed by atoms with E-state index in [0.717, 1.165) is 45.1 Å². The van der Waals surface area contributed by atoms with Gasteiger partial charge >= 0.3 is 0 Å². The van der Waals surface area contributed by atoms with E-state index in [4.69, 9.17) is 36.5 Å². The van der Waals surface area contributed by atoms with Gasteiger partial charge in [-0.3, -0.25) is 9.59 Å². The van der Waals surface area contributed by atoms with Crippen LogP contribution in [-0.2, 0) is 28.8 Å². The van der Waals surface area contributed by atoms with Crippen LogP contribution in [0.3, 0.4) is 0 Å². The molecule has 7 nitrogen and oxygen atoms in total. The highest BCUT2D eigenvalue weighted by Crippen LogP contribution is 2.36. The first kappa shape index (κ1) is 55.8. The topological polar surface area (TPSA) is 80.3 Å². The highest BCUT2D eigenvalue weighted by Gasteiger charge is 2.25. The summed E-state index contributed by atoms with van der Waals surface area (Å²) in [4.78, 5) is 25.6. The molecule has 9 aromatic rings. The van der Waals surface area contributed by atoms with E-state index in [1.165, 1.54) is 27.8 Å². The number of hydrogen-bond donors (Lipinski definition) is 0. The number of hydrogen-bond acceptors (Lipinski definition) is 7. The summed E-state index contributed by atoms with van der Waals surface area (Å²) in [7, 11) is 3.20. The summed E-state index contributed by atoms with van der Waals surface area (Å²) in [6.07, 6.45) is 11.1. The van der Waals surface area contributed by atoms with Gasteiger partial charge in [0.2, 0.25) is 0 Å². The van der Waals surface area contributed by atoms with Crippen molar-refractivity contribution < 1.29 is 33.3 Å². The van der Waals surface area contributed by atoms with Crippen LogP contribution in [0.5, 0.6) is 34.5 Å². The van der Waals surface area contributed by atoms with Crippen LogP contribution >= 0.6 is 0 Å². The van der Waals surface area contributed by atoms with E-state index < -0.39 is 0 Å². The van der Waals surface area contributed by atoms with Crippen LogP contribution in [0.2, 0.25) is 0 Å². The second kappa shape index (κ2) is 25.2. The van der Waals surface area contributed by atoms with Gasteiger partial charge in [0.15, 0.2) is 11.6 Å². The smallest absolute Gasteiger partial charge is 0.193 e. The van der Waals surface area contributed by atoms with Gasteiger partial charge < -0.3 is 23.7 Å². The lowest BCUT2D eigenvalue weighted by atomic mass is 9.77. The molecule has 0 aliphatic carbocycles. The monoisotopic (exact) mass is 1040 g/mol. The Balaban J connectivity index is 0.000000214. The number of ketones is 2. The van der Waals surface area contributed by atoms with Crippen molar-refractivity contribution in [3.05, 3.63) is 284 Å². The summed E-state index contributed by atoms with van der Waals surface area (Å²) in [5.74, 6) is 9.55. The van der Waals surface area contributed by atoms with Crippen molar-refractivity contribution in [1.29, 1.82) is 0 Å². The Morgan fingerprint density at radius 2 is 0.759 bits per heavy atom. The first-order chi connectivity index (χ1) is 38.1. The quantitative estimate of drug-likeness (QED) is 0.0625. The molecule has 7 heteroatoms. The van der Waals surface area contributed by atoms with Gasteiger partial charge in [-0.1, -0.05) is 106 Å². The van der Waals surface area contributed by atoms with Crippen molar-refractivity contribution >= 4 is 11.6 Å². The molecule has 0 N–H and O–H groups in total. The highest BCUT2D eigenvalue weighted by molar-refractivity contribution is 6.09. The maximum absolute atomic E-state index is 12.8. The van der Waals surface area contributed by atoms with Crippen LogP contribution in [0.25, 0.3) is 0 Å². The van der Waals surface area contributed by atoms with Crippen molar-refractivity contribution in [3.8, 4) is 59.2 Å². The number of terminal acetylenes is 2. The van der Waals surface area contributed by atoms with Gasteiger partial charge in [-0.2, -0.15) is 0 Å². The Kier molecular flexibility index (Phi) is 17.8. The highest BCUT2D eigenvalue weighted by atomic mass is 16.5. The van der Waals surface area contributed by atoms with Crippen molar-refractivity contribution in [2.75, 3.05) is 14.2 Å². The average molecular weight is 1040 g/mol. The molecule has 0 atom stereocenters. The second-order valence-electron chi connectivity index (χ2n) is 20.3. The Bertz CT molecular complexity index is 3610. The molecule has 0 bridgehead atoms. The SMILES string of the molecule is C#Cc1cc(C(C)(C)c2ccc(Oc3ccc(C(=O)c4ccc(OC)cc4)cc3)cc2)ccc1C.C#Cc1ccc(COCc2cc(C(C)(C)c3ccc(Oc4ccc(C(=O)c5ccc(OC)cc5)cc4)cc3)ccc2C)cc1. The number of carbonyl (C=O) groups excluding carboxylic acids is 2. The lowest BCUT2D eigenvalue weighted by Gasteiger charge is -2.27. The minimum absolute atomic E-state index is 0.0464. The maximum Gasteiger partial charge on any atom is 0.193 e. The molecule has 0 unspecified atom stereocenters. The van der Waals surface area contributed by atoms with Crippen LogP contribution in [0.1, 0.15) is 115 Å². The van der Waals surface area contributed by atoms with E-state index in [1.807, 2.05) is 79.7 Å². The van der Waals surface area contributed by atoms with E-state index in [1.54, 1.807) is 87.0 Å². The van der Waals surface area contributed by atoms with Crippen molar-refractivity contribution in [1.82, 2.24) is 0 Å². The first-order valence-electron chi connectivity index (χ1n) is 26.0. The lowest BCUT2D eigenvalue weighted by Crippen LogP contribution is -2.19. The third-order valence-corrected chi connectivity index (χ3v) is 14.4. The van der Waals surface area contributed by atoms with Crippen LogP contribution in [0.4, 0.5) is 0 Å². The standard InChI is InChI=1S/C40H36O4.C32H28O3/c1-6-29-8-10-30(11-9-29)26-43-27-33-25-35(16-7-28(33)2)40(3,4)34-17-23-38(24-18-34)44-37-21-14-32(15-22-37)39(41)31-12-19-36(42-5)20-13-31;1-6-23-21-27(12-7-22(23)2)32(3,4)26-13-19-30(20-14-26)35-29-17-10-25(11-18-29)31(33)24-8-15-28(34-5)16-9-24/h1,7-25H,26-27H2,2-5H3;1,7-21H,2-5H3. The molecule has 9 aromatic carbocycles. The van der Waals surface area contributed by atoms with Crippen LogP contribution in [0.15, 0.2) is 206 Å². The van der Waals surface area contributed by atoms with Crippen molar-refractivity contribution in [2.24, 2.45) is 0 Å². The second-order valence-corrected chi connectivity index (χ2v) is 20.3. The number of ether oxygens (including phenoxy) is 5. The molecule has 0 amide bonds. The number of aryl methyl sites for hydroxylation is 2. The van der Waals surface area contributed by atoms with E-state index in [2.05, 4.69) is 107 Å². The molecule has 0 spiro atoms. The molecule has 79 heavy (non-hydrogen) atoms. The summed E-state index contributed by atoms with van der Waals surface area (Å²) in [5.41, 5.74) is 13.1. The van der Waals surface area contributed by atoms with E-state index in [0.29, 0.717) is 52.7 Å². The predicted octanol–water partition coefficient (Wildman–Crippen LogP) is 16.4. The zero-order valence-corrected chi connectivity index (χ0v) is 46.1. The summed E-state index contributed by atoms with van der Waals surface area (Å²) < 4.78 is 28.5. The number of benzene rings is 9. The molecule has 0 saturated carbocycles. The number of carbonyl (C=O) groups is 2. The Morgan fingerprint density at radius 1 is 0.405 bits per heavy atom. The number of rotatable bonds is 18. The third-order valence-electron chi connectivity index (χ3n) is 14.4. The maximum atomic E-state index is 12.8. The van der Waals surface area contributed by atoms with Crippen molar-refractivity contribution in [3.63, 3.8) is 0 Å². The summed E-state index contributed by atoms with van der Waals surface area (Å²) in [6, 6.07) is 65.6. The van der Waals surface area contributed by atoms with Crippen LogP contribution in [-0.4, -0.2) is 25.8 Å². The zero-order chi connectivity index (χ0) is 56.1. The van der Waals surface area contributed by atoms with Gasteiger partial charge in [0.1, 0.15) is 34.5 Å². The summed E-state index contributed by atoms with van der Waals surface area (Å²) in [6.45, 7) is 14.0. The Morgan fingerprint density at radius 3 is 1.14 bits per heavy atom. The van der Waals surface area contributed by atoms with Gasteiger partial charge in [-0.05, 0) is 198 Å². The van der Waals surface area contributed by atoms with Gasteiger partial charge in [0, 0.05) is 44.2 Å². The number of methoxy groups -OCH3 is 2. The van der Waals surface area contributed by atoms with Gasteiger partial charge in [0.05, 0.1) is 27.4 Å². The fraction of sp³-hybridized carbons (Fsp3) is 0.167. The predicted molar refractivity (Wildman–Crippen MR) is 316 cm³/mol. The van der Waals surface area contributed by atoms with E-state index in [9.17, 15) is 9.59 Å². The molecule has 0 fully saturated rings. The van der Waals surface area contributed by atoms with Crippen LogP contribution < -0.4 is 18.9 Å². The van der Waals surface area contributed by atoms with Crippen LogP contribution in [0, 0.1) is 38.5 Å². The molecule has 0 aromatic heterocycles. The Labute approximate surface area is 465 Å². The molecule has 394 valence electrons. The normalized spacial score (nSPS) is 11.0. The van der Waals surface area contributed by atoms with E-state index >= 15 is 0 Å². The summed E-state index contributed by atoms with van der Waals surface area (Å²) >= 11 is 0. The van der Waals surface area contributed by atoms with E-state index in [-0.39, 0.29) is 22.4 Å². The van der Waals surface area contributed by atoms with Gasteiger partial charge in [-0.25, -0.2) is 0 Å². The molecule has 9 rings (SSSR count).